The molecule has 3 aromatic carbocycles. The van der Waals surface area contributed by atoms with E-state index in [1.165, 1.54) is 16.7 Å². The smallest absolute Gasteiger partial charge is 0.270 e. The predicted molar refractivity (Wildman–Crippen MR) is 122 cm³/mol. The Morgan fingerprint density at radius 3 is 2.31 bits per heavy atom. The lowest BCUT2D eigenvalue weighted by molar-refractivity contribution is -0.113. The van der Waals surface area contributed by atoms with Gasteiger partial charge in [-0.05, 0) is 60.2 Å². The number of carbonyl (C=O) groups excluding carboxylic acids is 1. The Labute approximate surface area is 178 Å². The van der Waals surface area contributed by atoms with E-state index >= 15 is 0 Å². The second-order valence-electron chi connectivity index (χ2n) is 6.20. The first-order valence-corrected chi connectivity index (χ1v) is 10.1. The first-order chi connectivity index (χ1) is 14.1. The van der Waals surface area contributed by atoms with E-state index in [0.29, 0.717) is 20.7 Å². The first kappa shape index (κ1) is 19.2. The number of carbonyl (C=O) groups is 1. The molecule has 0 unspecified atom stereocenters. The van der Waals surface area contributed by atoms with Crippen molar-refractivity contribution in [2.45, 2.75) is 0 Å². The van der Waals surface area contributed by atoms with Crippen molar-refractivity contribution >= 4 is 46.0 Å². The lowest BCUT2D eigenvalue weighted by Gasteiger charge is -2.15. The van der Waals surface area contributed by atoms with Crippen LogP contribution in [0.2, 0.25) is 0 Å². The van der Waals surface area contributed by atoms with Crippen LogP contribution in [0.5, 0.6) is 17.2 Å². The van der Waals surface area contributed by atoms with Crippen molar-refractivity contribution in [2.75, 3.05) is 12.0 Å². The van der Waals surface area contributed by atoms with Gasteiger partial charge in [0.15, 0.2) is 4.32 Å². The van der Waals surface area contributed by atoms with Crippen LogP contribution in [0.15, 0.2) is 83.8 Å². The normalized spacial score (nSPS) is 15.1. The highest BCUT2D eigenvalue weighted by Gasteiger charge is 2.33. The summed E-state index contributed by atoms with van der Waals surface area (Å²) in [4.78, 5) is 15.1. The summed E-state index contributed by atoms with van der Waals surface area (Å²) in [5.41, 5.74) is 1.60. The third-order valence-electron chi connectivity index (χ3n) is 4.26. The third kappa shape index (κ3) is 4.34. The Bertz CT molecular complexity index is 1080. The molecule has 0 N–H and O–H groups in total. The molecule has 29 heavy (non-hydrogen) atoms. The molecule has 1 aliphatic rings. The first-order valence-electron chi connectivity index (χ1n) is 8.89. The van der Waals surface area contributed by atoms with Gasteiger partial charge in [-0.2, -0.15) is 0 Å². The molecular weight excluding hydrogens is 402 g/mol. The van der Waals surface area contributed by atoms with E-state index in [0.717, 1.165) is 17.1 Å². The maximum absolute atomic E-state index is 12.9. The number of hydrogen-bond donors (Lipinski definition) is 0. The summed E-state index contributed by atoms with van der Waals surface area (Å²) >= 11 is 6.74. The van der Waals surface area contributed by atoms with Crippen LogP contribution in [-0.4, -0.2) is 17.3 Å². The van der Waals surface area contributed by atoms with Gasteiger partial charge in [0.1, 0.15) is 17.2 Å². The van der Waals surface area contributed by atoms with Crippen molar-refractivity contribution in [2.24, 2.45) is 0 Å². The second kappa shape index (κ2) is 8.51. The molecule has 0 atom stereocenters. The monoisotopic (exact) mass is 419 g/mol. The Balaban J connectivity index is 1.53. The van der Waals surface area contributed by atoms with Crippen LogP contribution < -0.4 is 14.4 Å². The fourth-order valence-electron chi connectivity index (χ4n) is 2.86. The molecule has 0 spiro atoms. The van der Waals surface area contributed by atoms with Crippen LogP contribution in [0.25, 0.3) is 6.08 Å². The number of hydrogen-bond acceptors (Lipinski definition) is 5. The minimum absolute atomic E-state index is 0.139. The Hall–Kier alpha value is -3.09. The molecule has 4 rings (SSSR count). The van der Waals surface area contributed by atoms with Crippen LogP contribution in [-0.2, 0) is 4.79 Å². The number of anilines is 1. The van der Waals surface area contributed by atoms with Gasteiger partial charge in [-0.3, -0.25) is 9.69 Å². The van der Waals surface area contributed by atoms with Crippen molar-refractivity contribution < 1.29 is 14.3 Å². The predicted octanol–water partition coefficient (Wildman–Crippen LogP) is 5.89. The van der Waals surface area contributed by atoms with Gasteiger partial charge in [-0.1, -0.05) is 54.3 Å². The molecule has 1 saturated heterocycles. The number of thiocarbonyl (C=S) groups is 1. The quantitative estimate of drug-likeness (QED) is 0.381. The summed E-state index contributed by atoms with van der Waals surface area (Å²) in [6.45, 7) is 0. The lowest BCUT2D eigenvalue weighted by Crippen LogP contribution is -2.27. The van der Waals surface area contributed by atoms with Gasteiger partial charge in [0.05, 0.1) is 17.7 Å². The number of methoxy groups -OCH3 is 1. The fraction of sp³-hybridized carbons (Fsp3) is 0.0435. The van der Waals surface area contributed by atoms with Gasteiger partial charge in [-0.15, -0.1) is 0 Å². The molecule has 0 aromatic heterocycles. The van der Waals surface area contributed by atoms with Gasteiger partial charge < -0.3 is 9.47 Å². The molecule has 1 fully saturated rings. The van der Waals surface area contributed by atoms with Crippen molar-refractivity contribution in [1.82, 2.24) is 0 Å². The molecule has 0 saturated carbocycles. The topological polar surface area (TPSA) is 38.8 Å². The van der Waals surface area contributed by atoms with E-state index in [1.54, 1.807) is 7.11 Å². The van der Waals surface area contributed by atoms with Crippen LogP contribution in [0.3, 0.4) is 0 Å². The van der Waals surface area contributed by atoms with Crippen molar-refractivity contribution in [3.8, 4) is 17.2 Å². The van der Waals surface area contributed by atoms with E-state index in [2.05, 4.69) is 0 Å². The summed E-state index contributed by atoms with van der Waals surface area (Å²) in [7, 11) is 1.61. The molecule has 6 heteroatoms. The van der Waals surface area contributed by atoms with Crippen LogP contribution in [0.4, 0.5) is 5.69 Å². The lowest BCUT2D eigenvalue weighted by atomic mass is 10.2. The number of nitrogens with zero attached hydrogens (tertiary/aromatic N) is 1. The molecule has 4 nitrogen and oxygen atoms in total. The fourth-order valence-corrected chi connectivity index (χ4v) is 4.16. The third-order valence-corrected chi connectivity index (χ3v) is 5.56. The number of amides is 1. The van der Waals surface area contributed by atoms with Gasteiger partial charge in [-0.25, -0.2) is 0 Å². The second-order valence-corrected chi connectivity index (χ2v) is 7.88. The van der Waals surface area contributed by atoms with E-state index in [-0.39, 0.29) is 5.91 Å². The average Bonchev–Trinajstić information content (AvgIpc) is 3.02. The number of para-hydroxylation sites is 1. The number of benzene rings is 3. The van der Waals surface area contributed by atoms with E-state index < -0.39 is 0 Å². The summed E-state index contributed by atoms with van der Waals surface area (Å²) in [6, 6.07) is 24.4. The minimum Gasteiger partial charge on any atom is -0.497 e. The van der Waals surface area contributed by atoms with E-state index in [4.69, 9.17) is 21.7 Å². The molecule has 3 aromatic rings. The van der Waals surface area contributed by atoms with E-state index in [9.17, 15) is 4.79 Å². The maximum Gasteiger partial charge on any atom is 0.270 e. The molecule has 0 aliphatic carbocycles. The molecule has 0 radical (unpaired) electrons. The highest BCUT2D eigenvalue weighted by Crippen LogP contribution is 2.37. The zero-order chi connectivity index (χ0) is 20.2. The Kier molecular flexibility index (Phi) is 5.64. The van der Waals surface area contributed by atoms with Crippen LogP contribution >= 0.6 is 24.0 Å². The zero-order valence-electron chi connectivity index (χ0n) is 15.6. The minimum atomic E-state index is -0.139. The average molecular weight is 420 g/mol. The van der Waals surface area contributed by atoms with Gasteiger partial charge in [0.2, 0.25) is 0 Å². The number of thioether (sulfide) groups is 1. The largest absolute Gasteiger partial charge is 0.497 e. The highest BCUT2D eigenvalue weighted by molar-refractivity contribution is 8.27. The van der Waals surface area contributed by atoms with Gasteiger partial charge >= 0.3 is 0 Å². The van der Waals surface area contributed by atoms with Crippen LogP contribution in [0, 0.1) is 0 Å². The molecule has 1 aliphatic heterocycles. The molecule has 1 heterocycles. The number of ether oxygens (including phenoxy) is 2. The van der Waals surface area contributed by atoms with Crippen molar-refractivity contribution in [3.05, 3.63) is 89.3 Å². The van der Waals surface area contributed by atoms with Crippen LogP contribution in [0.1, 0.15) is 5.56 Å². The van der Waals surface area contributed by atoms with Gasteiger partial charge in [0.25, 0.3) is 5.91 Å². The summed E-state index contributed by atoms with van der Waals surface area (Å²) in [5, 5.41) is 0. The Morgan fingerprint density at radius 2 is 1.59 bits per heavy atom. The summed E-state index contributed by atoms with van der Waals surface area (Å²) < 4.78 is 11.6. The molecule has 1 amide bonds. The Morgan fingerprint density at radius 1 is 0.897 bits per heavy atom. The summed E-state index contributed by atoms with van der Waals surface area (Å²) in [5.74, 6) is 2.05. The number of rotatable bonds is 5. The zero-order valence-corrected chi connectivity index (χ0v) is 17.2. The van der Waals surface area contributed by atoms with Crippen molar-refractivity contribution in [3.63, 3.8) is 0 Å². The van der Waals surface area contributed by atoms with Crippen molar-refractivity contribution in [1.29, 1.82) is 0 Å². The molecule has 144 valence electrons. The highest BCUT2D eigenvalue weighted by atomic mass is 32.2. The molecular formula is C23H17NO3S2. The SMILES string of the molecule is COc1cccc(C=C2SC(=S)N(c3ccc(Oc4ccccc4)cc3)C2=O)c1. The van der Waals surface area contributed by atoms with Gasteiger partial charge in [0, 0.05) is 0 Å². The molecule has 0 bridgehead atoms. The van der Waals surface area contributed by atoms with E-state index in [1.807, 2.05) is 84.9 Å². The standard InChI is InChI=1S/C23H17NO3S2/c1-26-20-9-5-6-16(14-20)15-21-22(25)24(23(28)29-21)17-10-12-19(13-11-17)27-18-7-3-2-4-8-18/h2-15H,1H3. The summed E-state index contributed by atoms with van der Waals surface area (Å²) in [6.07, 6.45) is 1.83. The maximum atomic E-state index is 12.9.